The van der Waals surface area contributed by atoms with Crippen molar-refractivity contribution in [3.63, 3.8) is 0 Å². The number of hydrogen-bond donors (Lipinski definition) is 1. The highest BCUT2D eigenvalue weighted by molar-refractivity contribution is 6.42. The van der Waals surface area contributed by atoms with Crippen LogP contribution in [0.2, 0.25) is 10.0 Å². The van der Waals surface area contributed by atoms with Gasteiger partial charge >= 0.3 is 0 Å². The van der Waals surface area contributed by atoms with Crippen molar-refractivity contribution in [2.45, 2.75) is 12.8 Å². The fraction of sp³-hybridized carbons (Fsp3) is 0.125. The van der Waals surface area contributed by atoms with Gasteiger partial charge in [-0.05, 0) is 46.7 Å². The predicted molar refractivity (Wildman–Crippen MR) is 92.6 cm³/mol. The van der Waals surface area contributed by atoms with Crippen LogP contribution in [-0.2, 0) is 11.2 Å². The Hall–Kier alpha value is -2.44. The zero-order valence-electron chi connectivity index (χ0n) is 12.5. The molecule has 0 aliphatic carbocycles. The van der Waals surface area contributed by atoms with Crippen LogP contribution in [0.15, 0.2) is 48.8 Å². The Morgan fingerprint density at radius 1 is 1.17 bits per heavy atom. The minimum Gasteiger partial charge on any atom is -0.326 e. The highest BCUT2D eigenvalue weighted by Crippen LogP contribution is 2.26. The molecule has 122 valence electrons. The maximum Gasteiger partial charge on any atom is 0.224 e. The molecule has 2 aromatic carbocycles. The molecule has 0 saturated carbocycles. The van der Waals surface area contributed by atoms with Gasteiger partial charge in [-0.1, -0.05) is 41.4 Å². The van der Waals surface area contributed by atoms with Gasteiger partial charge in [0, 0.05) is 12.1 Å². The lowest BCUT2D eigenvalue weighted by atomic mass is 10.1. The minimum absolute atomic E-state index is 0.111. The van der Waals surface area contributed by atoms with Crippen molar-refractivity contribution in [2.24, 2.45) is 0 Å². The summed E-state index contributed by atoms with van der Waals surface area (Å²) in [4.78, 5) is 12.1. The van der Waals surface area contributed by atoms with Crippen LogP contribution in [0.1, 0.15) is 12.0 Å². The maximum atomic E-state index is 12.1. The summed E-state index contributed by atoms with van der Waals surface area (Å²) in [5.74, 6) is -0.111. The van der Waals surface area contributed by atoms with Gasteiger partial charge in [-0.25, -0.2) is 4.68 Å². The monoisotopic (exact) mass is 361 g/mol. The number of hydrogen-bond acceptors (Lipinski definition) is 4. The van der Waals surface area contributed by atoms with Gasteiger partial charge in [0.15, 0.2) is 0 Å². The molecule has 0 fully saturated rings. The average molecular weight is 362 g/mol. The van der Waals surface area contributed by atoms with E-state index in [4.69, 9.17) is 23.2 Å². The van der Waals surface area contributed by atoms with Crippen molar-refractivity contribution >= 4 is 34.8 Å². The molecule has 1 aromatic heterocycles. The summed E-state index contributed by atoms with van der Waals surface area (Å²) in [5, 5.41) is 14.8. The number of nitrogens with one attached hydrogen (secondary N) is 1. The van der Waals surface area contributed by atoms with Crippen molar-refractivity contribution in [3.8, 4) is 5.69 Å². The Balaban J connectivity index is 1.63. The van der Waals surface area contributed by atoms with Crippen LogP contribution in [0, 0.1) is 0 Å². The zero-order chi connectivity index (χ0) is 16.9. The van der Waals surface area contributed by atoms with Crippen LogP contribution in [0.4, 0.5) is 5.69 Å². The molecule has 1 heterocycles. The molecule has 0 unspecified atom stereocenters. The molecule has 3 rings (SSSR count). The van der Waals surface area contributed by atoms with Gasteiger partial charge in [0.05, 0.1) is 15.7 Å². The van der Waals surface area contributed by atoms with Gasteiger partial charge in [0.2, 0.25) is 5.91 Å². The smallest absolute Gasteiger partial charge is 0.224 e. The average Bonchev–Trinajstić information content (AvgIpc) is 3.11. The Morgan fingerprint density at radius 3 is 2.79 bits per heavy atom. The van der Waals surface area contributed by atoms with Crippen LogP contribution in [-0.4, -0.2) is 26.1 Å². The van der Waals surface area contributed by atoms with Gasteiger partial charge in [0.25, 0.3) is 0 Å². The molecule has 3 aromatic rings. The topological polar surface area (TPSA) is 72.7 Å². The molecule has 0 atom stereocenters. The maximum absolute atomic E-state index is 12.1. The number of rotatable bonds is 5. The SMILES string of the molecule is O=C(CCc1cccc(Cl)c1Cl)Nc1cccc(-n2cnnn2)c1. The number of aromatic nitrogens is 4. The second-order valence-corrected chi connectivity index (χ2v) is 5.85. The van der Waals surface area contributed by atoms with Gasteiger partial charge in [0.1, 0.15) is 6.33 Å². The number of aryl methyl sites for hydroxylation is 1. The van der Waals surface area contributed by atoms with E-state index in [-0.39, 0.29) is 5.91 Å². The number of amides is 1. The molecule has 0 bridgehead atoms. The molecule has 24 heavy (non-hydrogen) atoms. The number of carbonyl (C=O) groups excluding carboxylic acids is 1. The lowest BCUT2D eigenvalue weighted by Crippen LogP contribution is -2.12. The van der Waals surface area contributed by atoms with Crippen molar-refractivity contribution in [2.75, 3.05) is 5.32 Å². The summed E-state index contributed by atoms with van der Waals surface area (Å²) in [6.07, 6.45) is 2.30. The van der Waals surface area contributed by atoms with E-state index in [2.05, 4.69) is 20.8 Å². The Labute approximate surface area is 148 Å². The third-order valence-electron chi connectivity index (χ3n) is 3.40. The van der Waals surface area contributed by atoms with Gasteiger partial charge in [-0.2, -0.15) is 0 Å². The van der Waals surface area contributed by atoms with Gasteiger partial charge in [-0.3, -0.25) is 4.79 Å². The molecule has 8 heteroatoms. The largest absolute Gasteiger partial charge is 0.326 e. The molecule has 0 aliphatic rings. The van der Waals surface area contributed by atoms with Crippen LogP contribution in [0.3, 0.4) is 0 Å². The first-order valence-corrected chi connectivity index (χ1v) is 7.95. The number of anilines is 1. The Morgan fingerprint density at radius 2 is 2.00 bits per heavy atom. The summed E-state index contributed by atoms with van der Waals surface area (Å²) in [7, 11) is 0. The third kappa shape index (κ3) is 3.90. The number of nitrogens with zero attached hydrogens (tertiary/aromatic N) is 4. The summed E-state index contributed by atoms with van der Waals surface area (Å²) in [6.45, 7) is 0. The molecular weight excluding hydrogens is 349 g/mol. The highest BCUT2D eigenvalue weighted by Gasteiger charge is 2.08. The first-order chi connectivity index (χ1) is 11.6. The normalized spacial score (nSPS) is 10.6. The van der Waals surface area contributed by atoms with Gasteiger partial charge in [-0.15, -0.1) is 5.10 Å². The van der Waals surface area contributed by atoms with E-state index in [9.17, 15) is 4.79 Å². The standard InChI is InChI=1S/C16H13Cl2N5O/c17-14-6-1-3-11(16(14)18)7-8-15(24)20-12-4-2-5-13(9-12)23-10-19-21-22-23/h1-6,9-10H,7-8H2,(H,20,24). The van der Waals surface area contributed by atoms with Crippen molar-refractivity contribution < 1.29 is 4.79 Å². The fourth-order valence-corrected chi connectivity index (χ4v) is 2.63. The van der Waals surface area contributed by atoms with E-state index in [1.54, 1.807) is 18.2 Å². The van der Waals surface area contributed by atoms with Crippen LogP contribution in [0.5, 0.6) is 0 Å². The third-order valence-corrected chi connectivity index (χ3v) is 4.25. The summed E-state index contributed by atoms with van der Waals surface area (Å²) >= 11 is 12.1. The van der Waals surface area contributed by atoms with E-state index in [1.165, 1.54) is 11.0 Å². The lowest BCUT2D eigenvalue weighted by molar-refractivity contribution is -0.116. The number of carbonyl (C=O) groups is 1. The fourth-order valence-electron chi connectivity index (χ4n) is 2.22. The minimum atomic E-state index is -0.111. The number of halogens is 2. The highest BCUT2D eigenvalue weighted by atomic mass is 35.5. The summed E-state index contributed by atoms with van der Waals surface area (Å²) < 4.78 is 1.52. The van der Waals surface area contributed by atoms with Crippen LogP contribution < -0.4 is 5.32 Å². The molecule has 1 amide bonds. The molecule has 0 spiro atoms. The predicted octanol–water partition coefficient (Wildman–Crippen LogP) is 3.54. The molecule has 0 aliphatic heterocycles. The summed E-state index contributed by atoms with van der Waals surface area (Å²) in [5.41, 5.74) is 2.28. The second-order valence-electron chi connectivity index (χ2n) is 5.07. The molecule has 0 saturated heterocycles. The first kappa shape index (κ1) is 16.4. The second kappa shape index (κ2) is 7.42. The van der Waals surface area contributed by atoms with E-state index < -0.39 is 0 Å². The zero-order valence-corrected chi connectivity index (χ0v) is 14.0. The van der Waals surface area contributed by atoms with Gasteiger partial charge < -0.3 is 5.32 Å². The van der Waals surface area contributed by atoms with E-state index in [0.717, 1.165) is 11.3 Å². The molecule has 6 nitrogen and oxygen atoms in total. The first-order valence-electron chi connectivity index (χ1n) is 7.19. The van der Waals surface area contributed by atoms with E-state index in [0.29, 0.717) is 28.6 Å². The molecule has 1 N–H and O–H groups in total. The molecule has 0 radical (unpaired) electrons. The van der Waals surface area contributed by atoms with Crippen molar-refractivity contribution in [1.29, 1.82) is 0 Å². The van der Waals surface area contributed by atoms with Crippen LogP contribution in [0.25, 0.3) is 5.69 Å². The van der Waals surface area contributed by atoms with Crippen molar-refractivity contribution in [1.82, 2.24) is 20.2 Å². The molecular formula is C16H13Cl2N5O. The number of tetrazole rings is 1. The van der Waals surface area contributed by atoms with E-state index >= 15 is 0 Å². The van der Waals surface area contributed by atoms with E-state index in [1.807, 2.05) is 24.3 Å². The lowest BCUT2D eigenvalue weighted by Gasteiger charge is -2.08. The van der Waals surface area contributed by atoms with Crippen LogP contribution >= 0.6 is 23.2 Å². The van der Waals surface area contributed by atoms with Crippen molar-refractivity contribution in [3.05, 3.63) is 64.4 Å². The quantitative estimate of drug-likeness (QED) is 0.754. The Kier molecular flexibility index (Phi) is 5.08. The summed E-state index contributed by atoms with van der Waals surface area (Å²) in [6, 6.07) is 12.7. The number of benzene rings is 2. The Bertz CT molecular complexity index is 851.